The van der Waals surface area contributed by atoms with Gasteiger partial charge in [0.1, 0.15) is 17.9 Å². The quantitative estimate of drug-likeness (QED) is 0.374. The number of hydrogen-bond acceptors (Lipinski definition) is 4. The van der Waals surface area contributed by atoms with Crippen LogP contribution in [0.5, 0.6) is 5.75 Å². The molecule has 2 aromatic rings. The molecule has 4 amide bonds. The Bertz CT molecular complexity index is 1100. The van der Waals surface area contributed by atoms with Gasteiger partial charge in [0.15, 0.2) is 0 Å². The van der Waals surface area contributed by atoms with Crippen molar-refractivity contribution in [3.63, 3.8) is 0 Å². The van der Waals surface area contributed by atoms with Gasteiger partial charge in [-0.1, -0.05) is 37.8 Å². The number of imide groups is 2. The van der Waals surface area contributed by atoms with E-state index < -0.39 is 17.8 Å². The van der Waals surface area contributed by atoms with E-state index in [9.17, 15) is 14.4 Å². The van der Waals surface area contributed by atoms with Gasteiger partial charge in [-0.2, -0.15) is 0 Å². The summed E-state index contributed by atoms with van der Waals surface area (Å²) in [5.41, 5.74) is 1.45. The number of halogens is 2. The molecule has 6 nitrogen and oxygen atoms in total. The molecular formula is C21H14Br2N2O4. The minimum Gasteiger partial charge on any atom is -0.480 e. The monoisotopic (exact) mass is 516 g/mol. The van der Waals surface area contributed by atoms with E-state index in [0.717, 1.165) is 19.4 Å². The number of nitrogens with one attached hydrogen (secondary N) is 1. The number of hydrogen-bond donors (Lipinski definition) is 1. The summed E-state index contributed by atoms with van der Waals surface area (Å²) in [6.45, 7) is 1.86. The lowest BCUT2D eigenvalue weighted by Gasteiger charge is -2.26. The summed E-state index contributed by atoms with van der Waals surface area (Å²) in [5, 5.41) is 2.20. The number of nitrogens with zero attached hydrogens (tertiary/aromatic N) is 1. The van der Waals surface area contributed by atoms with E-state index in [1.54, 1.807) is 36.4 Å². The first-order valence-electron chi connectivity index (χ1n) is 8.35. The highest BCUT2D eigenvalue weighted by Gasteiger charge is 2.37. The predicted octanol–water partition coefficient (Wildman–Crippen LogP) is 4.20. The number of anilines is 1. The molecule has 146 valence electrons. The molecule has 0 saturated carbocycles. The predicted molar refractivity (Wildman–Crippen MR) is 116 cm³/mol. The standard InChI is InChI=1S/C21H14Br2N2O4/c1-3-8-29-18-7-4-14(22)10-13(18)11-16-19(26)24-21(28)25(20(16)27)15-5-6-17(23)12(2)9-15/h1,4-7,9-11H,8H2,2H3,(H,24,26,28)/b16-11-. The normalized spacial score (nSPS) is 15.3. The maximum atomic E-state index is 13.0. The zero-order valence-electron chi connectivity index (χ0n) is 15.2. The highest BCUT2D eigenvalue weighted by atomic mass is 79.9. The summed E-state index contributed by atoms with van der Waals surface area (Å²) in [7, 11) is 0. The van der Waals surface area contributed by atoms with Gasteiger partial charge in [0.05, 0.1) is 5.69 Å². The summed E-state index contributed by atoms with van der Waals surface area (Å²) >= 11 is 6.74. The second kappa shape index (κ2) is 8.64. The third-order valence-corrected chi connectivity index (χ3v) is 5.47. The first-order chi connectivity index (χ1) is 13.8. The van der Waals surface area contributed by atoms with Crippen LogP contribution in [0.2, 0.25) is 0 Å². The molecule has 0 atom stereocenters. The van der Waals surface area contributed by atoms with Crippen LogP contribution in [0.3, 0.4) is 0 Å². The lowest BCUT2D eigenvalue weighted by atomic mass is 10.1. The molecule has 2 aromatic carbocycles. The number of amides is 4. The van der Waals surface area contributed by atoms with Crippen LogP contribution in [-0.4, -0.2) is 24.5 Å². The Morgan fingerprint density at radius 2 is 1.93 bits per heavy atom. The number of rotatable bonds is 4. The topological polar surface area (TPSA) is 75.7 Å². The number of carbonyl (C=O) groups excluding carboxylic acids is 3. The molecular weight excluding hydrogens is 504 g/mol. The minimum absolute atomic E-state index is 0.0285. The molecule has 0 bridgehead atoms. The van der Waals surface area contributed by atoms with Gasteiger partial charge in [0, 0.05) is 14.5 Å². The number of aryl methyl sites for hydroxylation is 1. The van der Waals surface area contributed by atoms with Crippen molar-refractivity contribution in [3.8, 4) is 18.1 Å². The average molecular weight is 518 g/mol. The number of carbonyl (C=O) groups is 3. The highest BCUT2D eigenvalue weighted by molar-refractivity contribution is 9.10. The van der Waals surface area contributed by atoms with Crippen LogP contribution in [0.25, 0.3) is 6.08 Å². The molecule has 3 rings (SSSR count). The Labute approximate surface area is 184 Å². The summed E-state index contributed by atoms with van der Waals surface area (Å²) < 4.78 is 7.04. The van der Waals surface area contributed by atoms with Crippen LogP contribution in [0.4, 0.5) is 10.5 Å². The first kappa shape index (κ1) is 20.8. The summed E-state index contributed by atoms with van der Waals surface area (Å²) in [5.74, 6) is 1.25. The van der Waals surface area contributed by atoms with Crippen molar-refractivity contribution < 1.29 is 19.1 Å². The Morgan fingerprint density at radius 3 is 2.62 bits per heavy atom. The largest absolute Gasteiger partial charge is 0.480 e. The molecule has 0 unspecified atom stereocenters. The Hall–Kier alpha value is -2.89. The van der Waals surface area contributed by atoms with E-state index in [4.69, 9.17) is 11.2 Å². The number of benzene rings is 2. The molecule has 1 saturated heterocycles. The zero-order chi connectivity index (χ0) is 21.1. The van der Waals surface area contributed by atoms with Gasteiger partial charge in [-0.25, -0.2) is 9.69 Å². The Kier molecular flexibility index (Phi) is 6.20. The van der Waals surface area contributed by atoms with E-state index in [0.29, 0.717) is 17.0 Å². The van der Waals surface area contributed by atoms with Crippen molar-refractivity contribution in [2.75, 3.05) is 11.5 Å². The number of urea groups is 1. The van der Waals surface area contributed by atoms with Gasteiger partial charge in [-0.15, -0.1) is 6.42 Å². The number of barbiturate groups is 1. The molecule has 1 heterocycles. The van der Waals surface area contributed by atoms with Gasteiger partial charge < -0.3 is 4.74 Å². The van der Waals surface area contributed by atoms with Gasteiger partial charge in [0.25, 0.3) is 11.8 Å². The summed E-state index contributed by atoms with van der Waals surface area (Å²) in [6.07, 6.45) is 6.61. The molecule has 0 radical (unpaired) electrons. The van der Waals surface area contributed by atoms with E-state index >= 15 is 0 Å². The van der Waals surface area contributed by atoms with Crippen molar-refractivity contribution in [2.45, 2.75) is 6.92 Å². The number of terminal acetylenes is 1. The minimum atomic E-state index is -0.808. The Balaban J connectivity index is 2.05. The van der Waals surface area contributed by atoms with Crippen LogP contribution in [0.1, 0.15) is 11.1 Å². The molecule has 1 aliphatic rings. The van der Waals surface area contributed by atoms with Crippen molar-refractivity contribution in [2.24, 2.45) is 0 Å². The number of ether oxygens (including phenoxy) is 1. The fraction of sp³-hybridized carbons (Fsp3) is 0.0952. The zero-order valence-corrected chi connectivity index (χ0v) is 18.3. The molecule has 1 N–H and O–H groups in total. The molecule has 0 aromatic heterocycles. The first-order valence-corrected chi connectivity index (χ1v) is 9.94. The lowest BCUT2D eigenvalue weighted by molar-refractivity contribution is -0.122. The van der Waals surface area contributed by atoms with E-state index in [2.05, 4.69) is 43.1 Å². The van der Waals surface area contributed by atoms with Gasteiger partial charge in [-0.05, 0) is 55.0 Å². The van der Waals surface area contributed by atoms with Crippen LogP contribution in [0, 0.1) is 19.3 Å². The van der Waals surface area contributed by atoms with Crippen LogP contribution < -0.4 is 15.0 Å². The van der Waals surface area contributed by atoms with Gasteiger partial charge >= 0.3 is 6.03 Å². The molecule has 1 fully saturated rings. The molecule has 1 aliphatic heterocycles. The van der Waals surface area contributed by atoms with Crippen LogP contribution >= 0.6 is 31.9 Å². The van der Waals surface area contributed by atoms with Crippen molar-refractivity contribution >= 4 is 61.5 Å². The summed E-state index contributed by atoms with van der Waals surface area (Å²) in [6, 6.07) is 9.31. The van der Waals surface area contributed by atoms with Crippen molar-refractivity contribution in [3.05, 3.63) is 62.0 Å². The molecule has 0 spiro atoms. The Morgan fingerprint density at radius 1 is 1.17 bits per heavy atom. The van der Waals surface area contributed by atoms with E-state index in [1.165, 1.54) is 6.08 Å². The van der Waals surface area contributed by atoms with E-state index in [1.807, 2.05) is 6.92 Å². The third-order valence-electron chi connectivity index (χ3n) is 4.08. The maximum absolute atomic E-state index is 13.0. The van der Waals surface area contributed by atoms with Crippen molar-refractivity contribution in [1.29, 1.82) is 0 Å². The van der Waals surface area contributed by atoms with Gasteiger partial charge in [0.2, 0.25) is 0 Å². The third kappa shape index (κ3) is 4.42. The second-order valence-corrected chi connectivity index (χ2v) is 7.84. The highest BCUT2D eigenvalue weighted by Crippen LogP contribution is 2.29. The van der Waals surface area contributed by atoms with Crippen LogP contribution in [-0.2, 0) is 9.59 Å². The van der Waals surface area contributed by atoms with Gasteiger partial charge in [-0.3, -0.25) is 14.9 Å². The summed E-state index contributed by atoms with van der Waals surface area (Å²) in [4.78, 5) is 38.7. The van der Waals surface area contributed by atoms with E-state index in [-0.39, 0.29) is 12.2 Å². The lowest BCUT2D eigenvalue weighted by Crippen LogP contribution is -2.54. The molecule has 0 aliphatic carbocycles. The fourth-order valence-corrected chi connectivity index (χ4v) is 3.32. The fourth-order valence-electron chi connectivity index (χ4n) is 2.70. The molecule has 8 heteroatoms. The maximum Gasteiger partial charge on any atom is 0.335 e. The van der Waals surface area contributed by atoms with Crippen LogP contribution in [0.15, 0.2) is 50.9 Å². The SMILES string of the molecule is C#CCOc1ccc(Br)cc1/C=C1/C(=O)NC(=O)N(c2ccc(Br)c(C)c2)C1=O. The smallest absolute Gasteiger partial charge is 0.335 e. The second-order valence-electron chi connectivity index (χ2n) is 6.07. The molecule has 29 heavy (non-hydrogen) atoms. The average Bonchev–Trinajstić information content (AvgIpc) is 2.67. The van der Waals surface area contributed by atoms with Crippen molar-refractivity contribution in [1.82, 2.24) is 5.32 Å².